The molecule has 1 aromatic carbocycles. The van der Waals surface area contributed by atoms with Gasteiger partial charge in [0.2, 0.25) is 0 Å². The topological polar surface area (TPSA) is 90.5 Å². The molecule has 0 aliphatic carbocycles. The van der Waals surface area contributed by atoms with Gasteiger partial charge in [-0.3, -0.25) is 9.48 Å². The molecule has 0 fully saturated rings. The number of hydrogen-bond donors (Lipinski definition) is 1. The van der Waals surface area contributed by atoms with Crippen LogP contribution in [0.4, 0.5) is 10.1 Å². The number of aromatic nitrogens is 6. The zero-order chi connectivity index (χ0) is 18.1. The number of anilines is 1. The summed E-state index contributed by atoms with van der Waals surface area (Å²) in [6.45, 7) is 5.61. The molecule has 9 heteroatoms. The fourth-order valence-corrected chi connectivity index (χ4v) is 2.51. The van der Waals surface area contributed by atoms with Crippen LogP contribution in [0.2, 0.25) is 0 Å². The van der Waals surface area contributed by atoms with Crippen molar-refractivity contribution in [1.29, 1.82) is 0 Å². The quantitative estimate of drug-likeness (QED) is 0.785. The Balaban J connectivity index is 1.86. The summed E-state index contributed by atoms with van der Waals surface area (Å²) in [7, 11) is 1.68. The lowest BCUT2D eigenvalue weighted by atomic mass is 10.1. The van der Waals surface area contributed by atoms with E-state index in [9.17, 15) is 9.18 Å². The van der Waals surface area contributed by atoms with E-state index in [0.29, 0.717) is 17.2 Å². The van der Waals surface area contributed by atoms with Gasteiger partial charge in [-0.2, -0.15) is 5.10 Å². The Morgan fingerprint density at radius 2 is 2.04 bits per heavy atom. The lowest BCUT2D eigenvalue weighted by Crippen LogP contribution is -2.16. The van der Waals surface area contributed by atoms with Gasteiger partial charge in [-0.1, -0.05) is 0 Å². The van der Waals surface area contributed by atoms with Gasteiger partial charge >= 0.3 is 0 Å². The lowest BCUT2D eigenvalue weighted by molar-refractivity contribution is 0.101. The second-order valence-corrected chi connectivity index (χ2v) is 5.98. The van der Waals surface area contributed by atoms with E-state index in [1.54, 1.807) is 32.2 Å². The maximum Gasteiger partial charge on any atom is 0.273 e. The first-order chi connectivity index (χ1) is 11.9. The number of tetrazole rings is 1. The molecule has 0 saturated heterocycles. The highest BCUT2D eigenvalue weighted by atomic mass is 19.1. The average molecular weight is 343 g/mol. The number of rotatable bonds is 4. The predicted molar refractivity (Wildman–Crippen MR) is 89.5 cm³/mol. The summed E-state index contributed by atoms with van der Waals surface area (Å²) in [6, 6.07) is 6.06. The molecule has 0 unspecified atom stereocenters. The van der Waals surface area contributed by atoms with Gasteiger partial charge in [-0.25, -0.2) is 9.07 Å². The number of carbonyl (C=O) groups is 1. The van der Waals surface area contributed by atoms with Gasteiger partial charge in [0.15, 0.2) is 5.82 Å². The molecule has 25 heavy (non-hydrogen) atoms. The number of nitrogens with one attached hydrogen (secondary N) is 1. The Labute approximate surface area is 143 Å². The third-order valence-electron chi connectivity index (χ3n) is 3.68. The standard InChI is InChI=1S/C16H18FN7O/c1-9(2)24-15(19-21-22-24)12-6-5-11(8-13(12)17)18-16(25)14-7-10(3)20-23(14)4/h5-9H,1-4H3,(H,18,25). The molecule has 2 aromatic heterocycles. The van der Waals surface area contributed by atoms with Crippen LogP contribution in [0.25, 0.3) is 11.4 Å². The van der Waals surface area contributed by atoms with Crippen LogP contribution in [0.5, 0.6) is 0 Å². The molecule has 3 aromatic rings. The molecule has 0 aliphatic heterocycles. The summed E-state index contributed by atoms with van der Waals surface area (Å²) >= 11 is 0. The third kappa shape index (κ3) is 3.25. The van der Waals surface area contributed by atoms with Gasteiger partial charge in [0.25, 0.3) is 5.91 Å². The van der Waals surface area contributed by atoms with E-state index >= 15 is 0 Å². The number of amides is 1. The van der Waals surface area contributed by atoms with Crippen LogP contribution in [0.3, 0.4) is 0 Å². The maximum atomic E-state index is 14.5. The smallest absolute Gasteiger partial charge is 0.273 e. The fourth-order valence-electron chi connectivity index (χ4n) is 2.51. The first kappa shape index (κ1) is 16.7. The van der Waals surface area contributed by atoms with Crippen molar-refractivity contribution in [3.8, 4) is 11.4 Å². The van der Waals surface area contributed by atoms with Crippen molar-refractivity contribution < 1.29 is 9.18 Å². The fraction of sp³-hybridized carbons (Fsp3) is 0.312. The summed E-state index contributed by atoms with van der Waals surface area (Å²) in [5.41, 5.74) is 1.74. The summed E-state index contributed by atoms with van der Waals surface area (Å²) < 4.78 is 17.5. The second kappa shape index (κ2) is 6.42. The van der Waals surface area contributed by atoms with Gasteiger partial charge < -0.3 is 5.32 Å². The number of benzene rings is 1. The maximum absolute atomic E-state index is 14.5. The van der Waals surface area contributed by atoms with Crippen molar-refractivity contribution in [1.82, 2.24) is 30.0 Å². The van der Waals surface area contributed by atoms with E-state index in [2.05, 4.69) is 25.9 Å². The molecule has 0 saturated carbocycles. The highest BCUT2D eigenvalue weighted by molar-refractivity contribution is 6.03. The van der Waals surface area contributed by atoms with E-state index in [1.807, 2.05) is 13.8 Å². The Bertz CT molecular complexity index is 928. The number of aryl methyl sites for hydroxylation is 2. The van der Waals surface area contributed by atoms with Gasteiger partial charge in [-0.15, -0.1) is 5.10 Å². The monoisotopic (exact) mass is 343 g/mol. The average Bonchev–Trinajstić information content (AvgIpc) is 3.14. The molecule has 1 N–H and O–H groups in total. The molecule has 0 atom stereocenters. The molecular formula is C16H18FN7O. The van der Waals surface area contributed by atoms with Crippen LogP contribution in [0, 0.1) is 12.7 Å². The first-order valence-corrected chi connectivity index (χ1v) is 7.76. The van der Waals surface area contributed by atoms with Crippen molar-refractivity contribution in [2.75, 3.05) is 5.32 Å². The molecule has 2 heterocycles. The molecule has 1 amide bonds. The Morgan fingerprint density at radius 3 is 2.64 bits per heavy atom. The largest absolute Gasteiger partial charge is 0.321 e. The molecule has 8 nitrogen and oxygen atoms in total. The minimum atomic E-state index is -0.518. The van der Waals surface area contributed by atoms with Gasteiger partial charge in [0, 0.05) is 12.7 Å². The third-order valence-corrected chi connectivity index (χ3v) is 3.68. The molecule has 0 radical (unpaired) electrons. The van der Waals surface area contributed by atoms with Crippen LogP contribution >= 0.6 is 0 Å². The van der Waals surface area contributed by atoms with Crippen LogP contribution in [0.1, 0.15) is 36.1 Å². The van der Waals surface area contributed by atoms with Crippen molar-refractivity contribution in [2.24, 2.45) is 7.05 Å². The summed E-state index contributed by atoms with van der Waals surface area (Å²) in [6.07, 6.45) is 0. The van der Waals surface area contributed by atoms with Crippen molar-refractivity contribution >= 4 is 11.6 Å². The molecule has 0 aliphatic rings. The molecule has 3 rings (SSSR count). The van der Waals surface area contributed by atoms with E-state index in [1.165, 1.54) is 15.4 Å². The summed E-state index contributed by atoms with van der Waals surface area (Å²) in [5, 5.41) is 18.1. The number of halogens is 1. The van der Waals surface area contributed by atoms with Crippen molar-refractivity contribution in [2.45, 2.75) is 26.8 Å². The minimum Gasteiger partial charge on any atom is -0.321 e. The Hall–Kier alpha value is -3.10. The Kier molecular flexibility index (Phi) is 4.30. The highest BCUT2D eigenvalue weighted by Crippen LogP contribution is 2.25. The van der Waals surface area contributed by atoms with E-state index in [-0.39, 0.29) is 17.5 Å². The summed E-state index contributed by atoms with van der Waals surface area (Å²) in [5.74, 6) is -0.536. The SMILES string of the molecule is Cc1cc(C(=O)Nc2ccc(-c3nnnn3C(C)C)c(F)c2)n(C)n1. The number of hydrogen-bond acceptors (Lipinski definition) is 5. The first-order valence-electron chi connectivity index (χ1n) is 7.76. The van der Waals surface area contributed by atoms with Gasteiger partial charge in [0.1, 0.15) is 11.5 Å². The molecule has 130 valence electrons. The van der Waals surface area contributed by atoms with E-state index in [4.69, 9.17) is 0 Å². The molecule has 0 bridgehead atoms. The Morgan fingerprint density at radius 1 is 1.28 bits per heavy atom. The zero-order valence-corrected chi connectivity index (χ0v) is 14.4. The van der Waals surface area contributed by atoms with Crippen LogP contribution in [0.15, 0.2) is 24.3 Å². The summed E-state index contributed by atoms with van der Waals surface area (Å²) in [4.78, 5) is 12.3. The van der Waals surface area contributed by atoms with E-state index < -0.39 is 5.82 Å². The normalized spacial score (nSPS) is 11.1. The van der Waals surface area contributed by atoms with E-state index in [0.717, 1.165) is 5.69 Å². The van der Waals surface area contributed by atoms with Crippen molar-refractivity contribution in [3.63, 3.8) is 0 Å². The predicted octanol–water partition coefficient (Wildman–Crippen LogP) is 2.35. The van der Waals surface area contributed by atoms with Gasteiger partial charge in [0.05, 0.1) is 17.3 Å². The second-order valence-electron chi connectivity index (χ2n) is 5.98. The van der Waals surface area contributed by atoms with Crippen LogP contribution in [-0.4, -0.2) is 35.9 Å². The van der Waals surface area contributed by atoms with Crippen LogP contribution < -0.4 is 5.32 Å². The lowest BCUT2D eigenvalue weighted by Gasteiger charge is -2.10. The van der Waals surface area contributed by atoms with Crippen LogP contribution in [-0.2, 0) is 7.05 Å². The zero-order valence-electron chi connectivity index (χ0n) is 14.4. The highest BCUT2D eigenvalue weighted by Gasteiger charge is 2.17. The molecule has 0 spiro atoms. The molecular weight excluding hydrogens is 325 g/mol. The number of nitrogens with zero attached hydrogens (tertiary/aromatic N) is 6. The van der Waals surface area contributed by atoms with Crippen molar-refractivity contribution in [3.05, 3.63) is 41.5 Å². The minimum absolute atomic E-state index is 0.00291. The number of carbonyl (C=O) groups excluding carboxylic acids is 1. The van der Waals surface area contributed by atoms with Gasteiger partial charge in [-0.05, 0) is 55.5 Å².